The fourth-order valence-corrected chi connectivity index (χ4v) is 1.85. The summed E-state index contributed by atoms with van der Waals surface area (Å²) in [5.74, 6) is 0. The highest BCUT2D eigenvalue weighted by atomic mass is 16.4. The van der Waals surface area contributed by atoms with Gasteiger partial charge < -0.3 is 4.65 Å². The highest BCUT2D eigenvalue weighted by Crippen LogP contribution is 2.17. The van der Waals surface area contributed by atoms with E-state index in [4.69, 9.17) is 4.65 Å². The average molecular weight is 168 g/mol. The van der Waals surface area contributed by atoms with E-state index in [0.29, 0.717) is 6.92 Å². The van der Waals surface area contributed by atoms with Crippen molar-refractivity contribution in [1.29, 1.82) is 0 Å². The lowest BCUT2D eigenvalue weighted by Gasteiger charge is -2.03. The minimum absolute atomic E-state index is 0.617. The van der Waals surface area contributed by atoms with E-state index in [1.807, 2.05) is 0 Å². The molecule has 0 aromatic carbocycles. The molecule has 1 aliphatic heterocycles. The first-order chi connectivity index (χ1) is 5.93. The maximum atomic E-state index is 5.56. The molecule has 1 fully saturated rings. The zero-order valence-corrected chi connectivity index (χ0v) is 8.35. The molecule has 0 aromatic heterocycles. The van der Waals surface area contributed by atoms with Crippen LogP contribution in [0.2, 0.25) is 12.6 Å². The standard InChI is InChI=1S/C10H21BO/c1-2-3-4-5-6-8-11-9-7-10-12-11/h2-10H2,1H3. The molecule has 0 aliphatic carbocycles. The van der Waals surface area contributed by atoms with Crippen LogP contribution >= 0.6 is 0 Å². The molecule has 0 saturated carbocycles. The maximum absolute atomic E-state index is 5.56. The molecule has 0 spiro atoms. The summed E-state index contributed by atoms with van der Waals surface area (Å²) >= 11 is 0. The second-order valence-electron chi connectivity index (χ2n) is 3.84. The van der Waals surface area contributed by atoms with Crippen LogP contribution < -0.4 is 0 Å². The summed E-state index contributed by atoms with van der Waals surface area (Å²) in [5.41, 5.74) is 0. The Morgan fingerprint density at radius 1 is 1.17 bits per heavy atom. The number of hydrogen-bond donors (Lipinski definition) is 0. The van der Waals surface area contributed by atoms with Gasteiger partial charge in [-0.05, 0) is 19.1 Å². The van der Waals surface area contributed by atoms with E-state index in [1.54, 1.807) is 0 Å². The zero-order valence-electron chi connectivity index (χ0n) is 8.35. The lowest BCUT2D eigenvalue weighted by atomic mass is 9.61. The average Bonchev–Trinajstić information content (AvgIpc) is 2.57. The third kappa shape index (κ3) is 4.15. The summed E-state index contributed by atoms with van der Waals surface area (Å²) in [7, 11) is 0. The topological polar surface area (TPSA) is 9.23 Å². The van der Waals surface area contributed by atoms with Gasteiger partial charge in [-0.2, -0.15) is 0 Å². The van der Waals surface area contributed by atoms with Crippen LogP contribution in [-0.4, -0.2) is 13.5 Å². The van der Waals surface area contributed by atoms with Crippen molar-refractivity contribution in [3.63, 3.8) is 0 Å². The summed E-state index contributed by atoms with van der Waals surface area (Å²) in [4.78, 5) is 0. The van der Waals surface area contributed by atoms with Gasteiger partial charge in [0.1, 0.15) is 0 Å². The minimum Gasteiger partial charge on any atom is -0.436 e. The van der Waals surface area contributed by atoms with Gasteiger partial charge in [-0.25, -0.2) is 0 Å². The second-order valence-corrected chi connectivity index (χ2v) is 3.84. The van der Waals surface area contributed by atoms with Crippen molar-refractivity contribution in [3.8, 4) is 0 Å². The third-order valence-corrected chi connectivity index (χ3v) is 2.65. The molecular formula is C10H21BO. The van der Waals surface area contributed by atoms with Gasteiger partial charge in [0.25, 0.3) is 6.92 Å². The molecule has 12 heavy (non-hydrogen) atoms. The first-order valence-corrected chi connectivity index (χ1v) is 5.55. The fourth-order valence-electron chi connectivity index (χ4n) is 1.85. The first kappa shape index (κ1) is 10.1. The van der Waals surface area contributed by atoms with Crippen LogP contribution in [0, 0.1) is 0 Å². The van der Waals surface area contributed by atoms with E-state index in [9.17, 15) is 0 Å². The third-order valence-electron chi connectivity index (χ3n) is 2.65. The summed E-state index contributed by atoms with van der Waals surface area (Å²) in [6.07, 6.45) is 10.9. The smallest absolute Gasteiger partial charge is 0.293 e. The Morgan fingerprint density at radius 3 is 2.67 bits per heavy atom. The van der Waals surface area contributed by atoms with Crippen LogP contribution in [0.5, 0.6) is 0 Å². The Labute approximate surface area is 77.0 Å². The fraction of sp³-hybridized carbons (Fsp3) is 1.00. The predicted octanol–water partition coefficient (Wildman–Crippen LogP) is 3.37. The van der Waals surface area contributed by atoms with Crippen molar-refractivity contribution in [2.75, 3.05) is 6.61 Å². The van der Waals surface area contributed by atoms with Crippen molar-refractivity contribution in [2.24, 2.45) is 0 Å². The zero-order chi connectivity index (χ0) is 8.65. The Morgan fingerprint density at radius 2 is 2.00 bits per heavy atom. The summed E-state index contributed by atoms with van der Waals surface area (Å²) in [5, 5.41) is 0. The van der Waals surface area contributed by atoms with Crippen molar-refractivity contribution < 1.29 is 4.65 Å². The molecule has 0 N–H and O–H groups in total. The summed E-state index contributed by atoms with van der Waals surface area (Å²) < 4.78 is 5.56. The van der Waals surface area contributed by atoms with Gasteiger partial charge >= 0.3 is 0 Å². The van der Waals surface area contributed by atoms with Gasteiger partial charge in [0, 0.05) is 6.61 Å². The molecule has 70 valence electrons. The SMILES string of the molecule is CCCCCCCB1CCCO1. The quantitative estimate of drug-likeness (QED) is 0.436. The number of hydrogen-bond acceptors (Lipinski definition) is 1. The van der Waals surface area contributed by atoms with E-state index < -0.39 is 0 Å². The van der Waals surface area contributed by atoms with Crippen molar-refractivity contribution in [2.45, 2.75) is 58.1 Å². The van der Waals surface area contributed by atoms with Gasteiger partial charge in [-0.3, -0.25) is 0 Å². The molecule has 0 amide bonds. The molecule has 0 atom stereocenters. The largest absolute Gasteiger partial charge is 0.436 e. The highest BCUT2D eigenvalue weighted by molar-refractivity contribution is 6.52. The molecule has 1 saturated heterocycles. The predicted molar refractivity (Wildman–Crippen MR) is 54.7 cm³/mol. The van der Waals surface area contributed by atoms with E-state index in [2.05, 4.69) is 6.92 Å². The lowest BCUT2D eigenvalue weighted by Crippen LogP contribution is -2.09. The van der Waals surface area contributed by atoms with E-state index in [-0.39, 0.29) is 0 Å². The number of unbranched alkanes of at least 4 members (excludes halogenated alkanes) is 4. The molecule has 0 bridgehead atoms. The van der Waals surface area contributed by atoms with Crippen molar-refractivity contribution in [3.05, 3.63) is 0 Å². The monoisotopic (exact) mass is 168 g/mol. The molecule has 1 nitrogen and oxygen atoms in total. The van der Waals surface area contributed by atoms with Crippen LogP contribution in [0.1, 0.15) is 45.4 Å². The Bertz CT molecular complexity index is 100. The molecule has 1 aliphatic rings. The van der Waals surface area contributed by atoms with Crippen molar-refractivity contribution >= 4 is 6.92 Å². The molecule has 2 heteroatoms. The maximum Gasteiger partial charge on any atom is 0.293 e. The van der Waals surface area contributed by atoms with Gasteiger partial charge in [-0.1, -0.05) is 39.0 Å². The minimum atomic E-state index is 0.617. The van der Waals surface area contributed by atoms with Crippen molar-refractivity contribution in [1.82, 2.24) is 0 Å². The van der Waals surface area contributed by atoms with E-state index in [0.717, 1.165) is 6.61 Å². The molecule has 0 unspecified atom stereocenters. The second kappa shape index (κ2) is 6.53. The van der Waals surface area contributed by atoms with Gasteiger partial charge in [0.2, 0.25) is 0 Å². The van der Waals surface area contributed by atoms with E-state index >= 15 is 0 Å². The lowest BCUT2D eigenvalue weighted by molar-refractivity contribution is 0.358. The molecule has 1 rings (SSSR count). The Balaban J connectivity index is 1.81. The highest BCUT2D eigenvalue weighted by Gasteiger charge is 2.19. The van der Waals surface area contributed by atoms with Crippen LogP contribution in [-0.2, 0) is 4.65 Å². The molecular weight excluding hydrogens is 147 g/mol. The van der Waals surface area contributed by atoms with Crippen LogP contribution in [0.4, 0.5) is 0 Å². The molecule has 0 radical (unpaired) electrons. The molecule has 0 aromatic rings. The Kier molecular flexibility index (Phi) is 5.50. The molecule has 1 heterocycles. The van der Waals surface area contributed by atoms with Gasteiger partial charge in [0.05, 0.1) is 0 Å². The Hall–Kier alpha value is 0.0249. The van der Waals surface area contributed by atoms with E-state index in [1.165, 1.54) is 51.2 Å². The number of rotatable bonds is 6. The van der Waals surface area contributed by atoms with Crippen LogP contribution in [0.15, 0.2) is 0 Å². The van der Waals surface area contributed by atoms with Gasteiger partial charge in [-0.15, -0.1) is 0 Å². The van der Waals surface area contributed by atoms with Gasteiger partial charge in [0.15, 0.2) is 0 Å². The van der Waals surface area contributed by atoms with Crippen LogP contribution in [0.25, 0.3) is 0 Å². The summed E-state index contributed by atoms with van der Waals surface area (Å²) in [6, 6.07) is 0. The first-order valence-electron chi connectivity index (χ1n) is 5.55. The van der Waals surface area contributed by atoms with Crippen LogP contribution in [0.3, 0.4) is 0 Å². The normalized spacial score (nSPS) is 17.2. The summed E-state index contributed by atoms with van der Waals surface area (Å²) in [6.45, 7) is 3.89.